The second-order valence-corrected chi connectivity index (χ2v) is 6.82. The number of benzene rings is 2. The lowest BCUT2D eigenvalue weighted by atomic mass is 10.1. The minimum absolute atomic E-state index is 0.503. The van der Waals surface area contributed by atoms with Crippen molar-refractivity contribution in [3.63, 3.8) is 0 Å². The van der Waals surface area contributed by atoms with Crippen LogP contribution >= 0.6 is 11.3 Å². The van der Waals surface area contributed by atoms with Crippen molar-refractivity contribution < 1.29 is 4.74 Å². The molecule has 0 saturated carbocycles. The molecule has 0 unspecified atom stereocenters. The molecule has 3 aromatic rings. The van der Waals surface area contributed by atoms with Gasteiger partial charge in [0.25, 0.3) is 0 Å². The zero-order valence-electron chi connectivity index (χ0n) is 14.9. The number of methoxy groups -OCH3 is 1. The fourth-order valence-corrected chi connectivity index (χ4v) is 3.46. The number of ether oxygens (including phenoxy) is 1. The molecular formula is C21H19N3OS. The van der Waals surface area contributed by atoms with Crippen molar-refractivity contribution in [2.75, 3.05) is 12.4 Å². The number of nitrogens with one attached hydrogen (secondary N) is 1. The third-order valence-electron chi connectivity index (χ3n) is 3.83. The van der Waals surface area contributed by atoms with Gasteiger partial charge in [0.05, 0.1) is 12.8 Å². The third-order valence-corrected chi connectivity index (χ3v) is 4.70. The Bertz CT molecular complexity index is 978. The quantitative estimate of drug-likeness (QED) is 0.617. The topological polar surface area (TPSA) is 57.9 Å². The zero-order chi connectivity index (χ0) is 18.5. The largest absolute Gasteiger partial charge is 0.497 e. The lowest BCUT2D eigenvalue weighted by molar-refractivity contribution is 0.415. The van der Waals surface area contributed by atoms with Crippen LogP contribution in [0.3, 0.4) is 0 Å². The lowest BCUT2D eigenvalue weighted by Gasteiger charge is -2.05. The number of anilines is 1. The van der Waals surface area contributed by atoms with Crippen molar-refractivity contribution in [2.24, 2.45) is 0 Å². The summed E-state index contributed by atoms with van der Waals surface area (Å²) >= 11 is 1.45. The van der Waals surface area contributed by atoms with E-state index in [1.807, 2.05) is 55.6 Å². The van der Waals surface area contributed by atoms with Crippen LogP contribution in [0.1, 0.15) is 16.1 Å². The number of hydrogen-bond acceptors (Lipinski definition) is 5. The standard InChI is InChI=1S/C21H19N3OS/c1-14-7-15(2)9-18(8-14)23-12-17(11-22)21-24-20(13-26-21)16-5-4-6-19(10-16)25-3/h4-10,12-13,23H,1-3H3/b17-12-. The summed E-state index contributed by atoms with van der Waals surface area (Å²) in [7, 11) is 1.64. The second kappa shape index (κ2) is 7.85. The van der Waals surface area contributed by atoms with Crippen LogP contribution in [0.25, 0.3) is 16.8 Å². The lowest BCUT2D eigenvalue weighted by Crippen LogP contribution is -1.92. The summed E-state index contributed by atoms with van der Waals surface area (Å²) in [4.78, 5) is 4.61. The Morgan fingerprint density at radius 3 is 2.65 bits per heavy atom. The molecule has 0 atom stereocenters. The number of hydrogen-bond donors (Lipinski definition) is 1. The van der Waals surface area contributed by atoms with Crippen molar-refractivity contribution in [2.45, 2.75) is 13.8 Å². The Morgan fingerprint density at radius 1 is 1.19 bits per heavy atom. The first-order valence-corrected chi connectivity index (χ1v) is 9.02. The Morgan fingerprint density at radius 2 is 1.96 bits per heavy atom. The molecule has 0 bridgehead atoms. The molecule has 0 spiro atoms. The van der Waals surface area contributed by atoms with Crippen LogP contribution in [0.2, 0.25) is 0 Å². The second-order valence-electron chi connectivity index (χ2n) is 5.96. The Hall–Kier alpha value is -3.10. The van der Waals surface area contributed by atoms with E-state index in [9.17, 15) is 5.26 Å². The highest BCUT2D eigenvalue weighted by Gasteiger charge is 2.09. The van der Waals surface area contributed by atoms with Crippen LogP contribution < -0.4 is 10.1 Å². The third kappa shape index (κ3) is 4.11. The average Bonchev–Trinajstić information content (AvgIpc) is 3.11. The fraction of sp³-hybridized carbons (Fsp3) is 0.143. The summed E-state index contributed by atoms with van der Waals surface area (Å²) in [5.41, 5.74) is 5.61. The molecule has 0 aliphatic carbocycles. The van der Waals surface area contributed by atoms with Crippen LogP contribution in [0.4, 0.5) is 5.69 Å². The van der Waals surface area contributed by atoms with Gasteiger partial charge < -0.3 is 10.1 Å². The normalized spacial score (nSPS) is 11.1. The predicted octanol–water partition coefficient (Wildman–Crippen LogP) is 5.41. The van der Waals surface area contributed by atoms with Gasteiger partial charge in [-0.3, -0.25) is 0 Å². The summed E-state index contributed by atoms with van der Waals surface area (Å²) in [6.07, 6.45) is 1.71. The molecule has 1 heterocycles. The van der Waals surface area contributed by atoms with Crippen LogP contribution in [0, 0.1) is 25.2 Å². The van der Waals surface area contributed by atoms with Crippen molar-refractivity contribution in [1.82, 2.24) is 4.98 Å². The van der Waals surface area contributed by atoms with Crippen molar-refractivity contribution in [3.8, 4) is 23.1 Å². The summed E-state index contributed by atoms with van der Waals surface area (Å²) in [6.45, 7) is 4.10. The van der Waals surface area contributed by atoms with E-state index in [0.29, 0.717) is 10.6 Å². The predicted molar refractivity (Wildman–Crippen MR) is 107 cm³/mol. The first-order chi connectivity index (χ1) is 12.6. The van der Waals surface area contributed by atoms with E-state index in [2.05, 4.69) is 22.4 Å². The molecule has 0 saturated heterocycles. The molecule has 2 aromatic carbocycles. The number of thiazole rings is 1. The van der Waals surface area contributed by atoms with E-state index in [1.54, 1.807) is 13.3 Å². The number of rotatable bonds is 5. The minimum Gasteiger partial charge on any atom is -0.497 e. The Labute approximate surface area is 157 Å². The van der Waals surface area contributed by atoms with Gasteiger partial charge in [-0.15, -0.1) is 11.3 Å². The number of allylic oxidation sites excluding steroid dienone is 1. The molecular weight excluding hydrogens is 342 g/mol. The van der Waals surface area contributed by atoms with Gasteiger partial charge in [0.15, 0.2) is 0 Å². The average molecular weight is 361 g/mol. The molecule has 0 aliphatic rings. The maximum atomic E-state index is 9.52. The van der Waals surface area contributed by atoms with Gasteiger partial charge in [-0.25, -0.2) is 4.98 Å². The molecule has 3 rings (SSSR count). The summed E-state index contributed by atoms with van der Waals surface area (Å²) < 4.78 is 5.26. The molecule has 0 fully saturated rings. The van der Waals surface area contributed by atoms with Crippen molar-refractivity contribution in [3.05, 3.63) is 70.2 Å². The fourth-order valence-electron chi connectivity index (χ4n) is 2.67. The van der Waals surface area contributed by atoms with Gasteiger partial charge in [-0.1, -0.05) is 18.2 Å². The van der Waals surface area contributed by atoms with Crippen LogP contribution in [0.15, 0.2) is 54.0 Å². The van der Waals surface area contributed by atoms with E-state index >= 15 is 0 Å². The molecule has 1 aromatic heterocycles. The number of aryl methyl sites for hydroxylation is 2. The first-order valence-electron chi connectivity index (χ1n) is 8.14. The van der Waals surface area contributed by atoms with Gasteiger partial charge in [0.1, 0.15) is 22.4 Å². The van der Waals surface area contributed by atoms with Crippen LogP contribution in [-0.4, -0.2) is 12.1 Å². The van der Waals surface area contributed by atoms with Gasteiger partial charge in [0, 0.05) is 22.8 Å². The van der Waals surface area contributed by atoms with E-state index < -0.39 is 0 Å². The molecule has 130 valence electrons. The number of nitrogens with zero attached hydrogens (tertiary/aromatic N) is 2. The van der Waals surface area contributed by atoms with Crippen LogP contribution in [-0.2, 0) is 0 Å². The molecule has 4 nitrogen and oxygen atoms in total. The highest BCUT2D eigenvalue weighted by molar-refractivity contribution is 7.11. The number of nitriles is 1. The minimum atomic E-state index is 0.503. The zero-order valence-corrected chi connectivity index (χ0v) is 15.7. The molecule has 1 N–H and O–H groups in total. The van der Waals surface area contributed by atoms with E-state index in [4.69, 9.17) is 4.74 Å². The van der Waals surface area contributed by atoms with Gasteiger partial charge in [-0.05, 0) is 49.2 Å². The molecule has 0 radical (unpaired) electrons. The Kier molecular flexibility index (Phi) is 5.35. The van der Waals surface area contributed by atoms with Gasteiger partial charge in [-0.2, -0.15) is 5.26 Å². The van der Waals surface area contributed by atoms with Gasteiger partial charge >= 0.3 is 0 Å². The Balaban J connectivity index is 1.84. The first kappa shape index (κ1) is 17.7. The number of aromatic nitrogens is 1. The van der Waals surface area contributed by atoms with Gasteiger partial charge in [0.2, 0.25) is 0 Å². The molecule has 0 aliphatic heterocycles. The monoisotopic (exact) mass is 361 g/mol. The SMILES string of the molecule is COc1cccc(-c2csc(/C(C#N)=C\Nc3cc(C)cc(C)c3)n2)c1. The summed E-state index contributed by atoms with van der Waals surface area (Å²) in [5.74, 6) is 0.782. The van der Waals surface area contributed by atoms with E-state index in [-0.39, 0.29) is 0 Å². The maximum absolute atomic E-state index is 9.52. The summed E-state index contributed by atoms with van der Waals surface area (Å²) in [5, 5.41) is 15.4. The van der Waals surface area contributed by atoms with Crippen LogP contribution in [0.5, 0.6) is 5.75 Å². The van der Waals surface area contributed by atoms with Crippen molar-refractivity contribution in [1.29, 1.82) is 5.26 Å². The molecule has 26 heavy (non-hydrogen) atoms. The molecule has 5 heteroatoms. The maximum Gasteiger partial charge on any atom is 0.136 e. The molecule has 0 amide bonds. The van der Waals surface area contributed by atoms with E-state index in [0.717, 1.165) is 22.7 Å². The summed E-state index contributed by atoms with van der Waals surface area (Å²) in [6, 6.07) is 16.2. The van der Waals surface area contributed by atoms with E-state index in [1.165, 1.54) is 22.5 Å². The smallest absolute Gasteiger partial charge is 0.136 e. The van der Waals surface area contributed by atoms with Crippen molar-refractivity contribution >= 4 is 22.6 Å². The highest BCUT2D eigenvalue weighted by atomic mass is 32.1. The highest BCUT2D eigenvalue weighted by Crippen LogP contribution is 2.28.